The normalized spacial score (nSPS) is 18.0. The molecular weight excluding hydrogens is 513 g/mol. The molecule has 9 heteroatoms. The molecule has 0 saturated carbocycles. The Bertz CT molecular complexity index is 1000. The Morgan fingerprint density at radius 3 is 2.50 bits per heavy atom. The number of aliphatic imine (C=N–C) groups is 1. The molecule has 3 rings (SSSR count). The first kappa shape index (κ1) is 24.6. The minimum Gasteiger partial charge on any atom is -0.357 e. The third kappa shape index (κ3) is 4.99. The number of benzene rings is 1. The molecule has 1 aromatic carbocycles. The quantitative estimate of drug-likeness (QED) is 0.363. The largest absolute Gasteiger partial charge is 0.357 e. The van der Waals surface area contributed by atoms with Gasteiger partial charge in [-0.25, -0.2) is 18.1 Å². The molecule has 0 bridgehead atoms. The zero-order valence-electron chi connectivity index (χ0n) is 18.3. The molecule has 1 aromatic heterocycles. The van der Waals surface area contributed by atoms with E-state index in [1.165, 1.54) is 0 Å². The second-order valence-electron chi connectivity index (χ2n) is 8.07. The second-order valence-corrected chi connectivity index (χ2v) is 10.8. The van der Waals surface area contributed by atoms with Crippen molar-refractivity contribution in [1.29, 1.82) is 0 Å². The summed E-state index contributed by atoms with van der Waals surface area (Å²) in [6.45, 7) is 11.8. The van der Waals surface area contributed by atoms with Gasteiger partial charge < -0.3 is 10.2 Å². The zero-order chi connectivity index (χ0) is 21.2. The number of para-hydroxylation sites is 1. The van der Waals surface area contributed by atoms with Crippen LogP contribution in [0.4, 0.5) is 0 Å². The molecule has 30 heavy (non-hydrogen) atoms. The molecule has 0 unspecified atom stereocenters. The molecular formula is C21H32IN5O2S. The van der Waals surface area contributed by atoms with Crippen LogP contribution in [0.1, 0.15) is 37.7 Å². The number of halogens is 1. The van der Waals surface area contributed by atoms with E-state index >= 15 is 0 Å². The molecule has 7 nitrogen and oxygen atoms in total. The lowest BCUT2D eigenvalue weighted by atomic mass is 10.2. The van der Waals surface area contributed by atoms with E-state index in [1.807, 2.05) is 48.9 Å². The average Bonchev–Trinajstić information content (AvgIpc) is 2.96. The number of hydrogen-bond donors (Lipinski definition) is 1. The Morgan fingerprint density at radius 2 is 1.90 bits per heavy atom. The summed E-state index contributed by atoms with van der Waals surface area (Å²) in [5, 5.41) is 8.01. The van der Waals surface area contributed by atoms with Gasteiger partial charge in [0.2, 0.25) is 0 Å². The van der Waals surface area contributed by atoms with Crippen molar-refractivity contribution in [2.24, 2.45) is 4.99 Å². The summed E-state index contributed by atoms with van der Waals surface area (Å²) < 4.78 is 25.8. The van der Waals surface area contributed by atoms with Crippen LogP contribution in [0, 0.1) is 13.8 Å². The van der Waals surface area contributed by atoms with E-state index in [-0.39, 0.29) is 29.7 Å². The number of aryl methyl sites for hydroxylation is 1. The highest BCUT2D eigenvalue weighted by Crippen LogP contribution is 2.24. The van der Waals surface area contributed by atoms with Gasteiger partial charge in [0, 0.05) is 30.9 Å². The molecule has 0 aliphatic carbocycles. The highest BCUT2D eigenvalue weighted by atomic mass is 127. The van der Waals surface area contributed by atoms with Crippen LogP contribution < -0.4 is 5.32 Å². The van der Waals surface area contributed by atoms with E-state index < -0.39 is 14.6 Å². The van der Waals surface area contributed by atoms with Crippen LogP contribution in [0.2, 0.25) is 0 Å². The van der Waals surface area contributed by atoms with Gasteiger partial charge in [0.05, 0.1) is 28.4 Å². The monoisotopic (exact) mass is 545 g/mol. The number of aromatic nitrogens is 2. The number of sulfone groups is 1. The van der Waals surface area contributed by atoms with E-state index in [1.54, 1.807) is 13.8 Å². The summed E-state index contributed by atoms with van der Waals surface area (Å²) in [5.74, 6) is 0.899. The fourth-order valence-corrected chi connectivity index (χ4v) is 4.99. The first-order valence-electron chi connectivity index (χ1n) is 10.0. The van der Waals surface area contributed by atoms with Crippen molar-refractivity contribution >= 4 is 39.8 Å². The number of nitrogens with zero attached hydrogens (tertiary/aromatic N) is 4. The third-order valence-electron chi connectivity index (χ3n) is 5.51. The molecule has 0 amide bonds. The van der Waals surface area contributed by atoms with Gasteiger partial charge in [-0.05, 0) is 46.8 Å². The Kier molecular flexibility index (Phi) is 7.95. The lowest BCUT2D eigenvalue weighted by Gasteiger charge is -2.39. The summed E-state index contributed by atoms with van der Waals surface area (Å²) in [6, 6.07) is 10.1. The van der Waals surface area contributed by atoms with Crippen molar-refractivity contribution in [3.05, 3.63) is 47.3 Å². The van der Waals surface area contributed by atoms with Crippen molar-refractivity contribution in [1.82, 2.24) is 20.0 Å². The van der Waals surface area contributed by atoms with E-state index in [4.69, 9.17) is 10.1 Å². The maximum absolute atomic E-state index is 12.3. The Labute approximate surface area is 196 Å². The smallest absolute Gasteiger partial charge is 0.194 e. The van der Waals surface area contributed by atoms with E-state index in [9.17, 15) is 8.42 Å². The Morgan fingerprint density at radius 1 is 1.23 bits per heavy atom. The van der Waals surface area contributed by atoms with Crippen LogP contribution in [0.15, 0.2) is 35.3 Å². The van der Waals surface area contributed by atoms with E-state index in [0.717, 1.165) is 35.1 Å². The number of guanidine groups is 1. The molecule has 0 spiro atoms. The molecule has 1 aliphatic heterocycles. The minimum atomic E-state index is -3.09. The van der Waals surface area contributed by atoms with Gasteiger partial charge in [-0.3, -0.25) is 0 Å². The summed E-state index contributed by atoms with van der Waals surface area (Å²) in [7, 11) is -3.09. The van der Waals surface area contributed by atoms with Gasteiger partial charge in [-0.2, -0.15) is 5.10 Å². The molecule has 1 saturated heterocycles. The molecule has 0 atom stereocenters. The zero-order valence-corrected chi connectivity index (χ0v) is 21.5. The maximum atomic E-state index is 12.3. The fourth-order valence-electron chi connectivity index (χ4n) is 3.63. The van der Waals surface area contributed by atoms with Crippen molar-refractivity contribution in [2.75, 3.05) is 25.4 Å². The predicted molar refractivity (Wildman–Crippen MR) is 133 cm³/mol. The van der Waals surface area contributed by atoms with Gasteiger partial charge in [-0.15, -0.1) is 24.0 Å². The molecule has 2 aromatic rings. The van der Waals surface area contributed by atoms with Gasteiger partial charge in [-0.1, -0.05) is 18.2 Å². The predicted octanol–water partition coefficient (Wildman–Crippen LogP) is 3.08. The maximum Gasteiger partial charge on any atom is 0.194 e. The van der Waals surface area contributed by atoms with Gasteiger partial charge in [0.1, 0.15) is 0 Å². The third-order valence-corrected chi connectivity index (χ3v) is 8.04. The first-order chi connectivity index (χ1) is 13.7. The molecule has 166 valence electrons. The lowest BCUT2D eigenvalue weighted by Crippen LogP contribution is -2.57. The number of rotatable bonds is 4. The highest BCUT2D eigenvalue weighted by molar-refractivity contribution is 14.0. The van der Waals surface area contributed by atoms with Crippen molar-refractivity contribution in [3.8, 4) is 5.69 Å². The lowest BCUT2D eigenvalue weighted by molar-refractivity contribution is 0.353. The SMILES string of the molecule is CCNC(=NCc1c(C)nn(-c2ccccc2)c1C)N1CCS(=O)(=O)C(C)(C)C1.I. The van der Waals surface area contributed by atoms with Crippen LogP contribution in [-0.2, 0) is 16.4 Å². The summed E-state index contributed by atoms with van der Waals surface area (Å²) >= 11 is 0. The van der Waals surface area contributed by atoms with Crippen LogP contribution in [0.25, 0.3) is 5.69 Å². The molecule has 2 heterocycles. The summed E-state index contributed by atoms with van der Waals surface area (Å²) in [6.07, 6.45) is 0. The number of nitrogens with one attached hydrogen (secondary N) is 1. The van der Waals surface area contributed by atoms with Gasteiger partial charge in [0.15, 0.2) is 15.8 Å². The molecule has 0 radical (unpaired) electrons. The second kappa shape index (κ2) is 9.67. The van der Waals surface area contributed by atoms with Gasteiger partial charge in [0.25, 0.3) is 0 Å². The Balaban J connectivity index is 0.00000320. The molecule has 1 N–H and O–H groups in total. The van der Waals surface area contributed by atoms with Gasteiger partial charge >= 0.3 is 0 Å². The number of hydrogen-bond acceptors (Lipinski definition) is 4. The van der Waals surface area contributed by atoms with E-state index in [0.29, 0.717) is 19.6 Å². The minimum absolute atomic E-state index is 0. The first-order valence-corrected chi connectivity index (χ1v) is 11.7. The molecule has 1 fully saturated rings. The van der Waals surface area contributed by atoms with E-state index in [2.05, 4.69) is 17.1 Å². The highest BCUT2D eigenvalue weighted by Gasteiger charge is 2.41. The topological polar surface area (TPSA) is 79.6 Å². The Hall–Kier alpha value is -1.62. The van der Waals surface area contributed by atoms with Crippen LogP contribution in [0.3, 0.4) is 0 Å². The van der Waals surface area contributed by atoms with Crippen molar-refractivity contribution < 1.29 is 8.42 Å². The van der Waals surface area contributed by atoms with Crippen LogP contribution >= 0.6 is 24.0 Å². The summed E-state index contributed by atoms with van der Waals surface area (Å²) in [5.41, 5.74) is 4.13. The fraction of sp³-hybridized carbons (Fsp3) is 0.524. The van der Waals surface area contributed by atoms with Crippen LogP contribution in [0.5, 0.6) is 0 Å². The molecule has 1 aliphatic rings. The standard InChI is InChI=1S/C21H31N5O2S.HI/c1-6-22-20(25-12-13-29(27,28)21(4,5)15-25)23-14-19-16(2)24-26(17(19)3)18-10-8-7-9-11-18;/h7-11H,6,12-15H2,1-5H3,(H,22,23);1H. The van der Waals surface area contributed by atoms with Crippen molar-refractivity contribution in [2.45, 2.75) is 45.9 Å². The summed E-state index contributed by atoms with van der Waals surface area (Å²) in [4.78, 5) is 6.89. The van der Waals surface area contributed by atoms with Crippen molar-refractivity contribution in [3.63, 3.8) is 0 Å². The van der Waals surface area contributed by atoms with Crippen LogP contribution in [-0.4, -0.2) is 59.2 Å². The average molecular weight is 545 g/mol.